The first-order chi connectivity index (χ1) is 3.93. The number of halogens is 1. The molecule has 0 aromatic carbocycles. The van der Waals surface area contributed by atoms with E-state index in [1.165, 1.54) is 24.3 Å². The van der Waals surface area contributed by atoms with Gasteiger partial charge in [0.25, 0.3) is 0 Å². The Balaban J connectivity index is 0.000000640. The molecule has 1 nitrogen and oxygen atoms in total. The number of nitrogens with zero attached hydrogens (tertiary/aromatic N) is 1. The van der Waals surface area contributed by atoms with Crippen molar-refractivity contribution in [2.45, 2.75) is 19.3 Å². The molecule has 1 aliphatic rings. The van der Waals surface area contributed by atoms with Crippen molar-refractivity contribution in [2.24, 2.45) is 4.99 Å². The maximum Gasteiger partial charge on any atom is 0.0673 e. The second-order valence-corrected chi connectivity index (χ2v) is 2.82. The molecule has 0 spiro atoms. The fourth-order valence-corrected chi connectivity index (χ4v) is 1.41. The van der Waals surface area contributed by atoms with Crippen molar-refractivity contribution >= 4 is 40.8 Å². The zero-order valence-electron chi connectivity index (χ0n) is 5.59. The summed E-state index contributed by atoms with van der Waals surface area (Å²) in [4.78, 5) is 4.33. The monoisotopic (exact) mass is 257 g/mol. The van der Waals surface area contributed by atoms with Crippen molar-refractivity contribution in [2.75, 3.05) is 12.8 Å². The molecule has 0 atom stereocenters. The van der Waals surface area contributed by atoms with Gasteiger partial charge < -0.3 is 0 Å². The molecule has 1 heterocycles. The normalized spacial score (nSPS) is 18.1. The highest BCUT2D eigenvalue weighted by atomic mass is 127. The summed E-state index contributed by atoms with van der Waals surface area (Å²) in [7, 11) is 0. The molecule has 0 radical (unpaired) electrons. The minimum Gasteiger partial charge on any atom is -0.283 e. The van der Waals surface area contributed by atoms with Crippen LogP contribution in [0.25, 0.3) is 0 Å². The average Bonchev–Trinajstić information content (AvgIpc) is 1.90. The Kier molecular flexibility index (Phi) is 5.99. The van der Waals surface area contributed by atoms with Crippen molar-refractivity contribution in [3.8, 4) is 0 Å². The van der Waals surface area contributed by atoms with Crippen molar-refractivity contribution in [1.82, 2.24) is 0 Å². The van der Waals surface area contributed by atoms with Crippen LogP contribution in [0.15, 0.2) is 4.99 Å². The Bertz CT molecular complexity index is 103. The number of aliphatic imine (C=N–C) groups is 1. The molecule has 1 rings (SSSR count). The second kappa shape index (κ2) is 5.53. The minimum absolute atomic E-state index is 0. The van der Waals surface area contributed by atoms with Crippen LogP contribution in [0.5, 0.6) is 0 Å². The van der Waals surface area contributed by atoms with Crippen molar-refractivity contribution in [1.29, 1.82) is 0 Å². The van der Waals surface area contributed by atoms with Crippen LogP contribution in [0.4, 0.5) is 0 Å². The highest BCUT2D eigenvalue weighted by Crippen LogP contribution is 2.12. The molecule has 0 aliphatic carbocycles. The largest absolute Gasteiger partial charge is 0.283 e. The Labute approximate surface area is 77.7 Å². The van der Waals surface area contributed by atoms with Crippen LogP contribution in [-0.4, -0.2) is 17.8 Å². The van der Waals surface area contributed by atoms with Crippen LogP contribution >= 0.6 is 35.7 Å². The van der Waals surface area contributed by atoms with E-state index in [-0.39, 0.29) is 24.0 Å². The number of thioether (sulfide) groups is 1. The molecule has 0 fully saturated rings. The van der Waals surface area contributed by atoms with Crippen LogP contribution < -0.4 is 0 Å². The molecule has 1 aliphatic heterocycles. The molecular formula is C6H12INS. The van der Waals surface area contributed by atoms with E-state index in [4.69, 9.17) is 0 Å². The van der Waals surface area contributed by atoms with E-state index in [0.717, 1.165) is 6.54 Å². The van der Waals surface area contributed by atoms with E-state index in [1.54, 1.807) is 11.8 Å². The third kappa shape index (κ3) is 3.45. The summed E-state index contributed by atoms with van der Waals surface area (Å²) in [6.07, 6.45) is 5.97. The molecule has 0 saturated carbocycles. The predicted octanol–water partition coefficient (Wildman–Crippen LogP) is 2.55. The van der Waals surface area contributed by atoms with Gasteiger partial charge in [-0.05, 0) is 25.5 Å². The van der Waals surface area contributed by atoms with Crippen LogP contribution in [0.1, 0.15) is 19.3 Å². The van der Waals surface area contributed by atoms with Crippen LogP contribution in [-0.2, 0) is 0 Å². The quantitative estimate of drug-likeness (QED) is 0.607. The molecule has 0 saturated heterocycles. The maximum absolute atomic E-state index is 4.33. The molecule has 0 unspecified atom stereocenters. The SMILES string of the molecule is CSC1=NCCCC1.I. The van der Waals surface area contributed by atoms with Gasteiger partial charge >= 0.3 is 0 Å². The Morgan fingerprint density at radius 3 is 2.56 bits per heavy atom. The molecule has 0 bridgehead atoms. The highest BCUT2D eigenvalue weighted by Gasteiger charge is 2.01. The summed E-state index contributed by atoms with van der Waals surface area (Å²) < 4.78 is 0. The molecule has 3 heteroatoms. The zero-order valence-corrected chi connectivity index (χ0v) is 8.74. The zero-order chi connectivity index (χ0) is 5.82. The fraction of sp³-hybridized carbons (Fsp3) is 0.833. The first-order valence-corrected chi connectivity index (χ1v) is 4.23. The molecule has 0 aromatic heterocycles. The second-order valence-electron chi connectivity index (χ2n) is 1.94. The molecule has 0 amide bonds. The summed E-state index contributed by atoms with van der Waals surface area (Å²) in [5.74, 6) is 0. The lowest BCUT2D eigenvalue weighted by atomic mass is 10.2. The van der Waals surface area contributed by atoms with Crippen molar-refractivity contribution in [3.05, 3.63) is 0 Å². The van der Waals surface area contributed by atoms with Crippen molar-refractivity contribution in [3.63, 3.8) is 0 Å². The van der Waals surface area contributed by atoms with Crippen LogP contribution in [0, 0.1) is 0 Å². The topological polar surface area (TPSA) is 12.4 Å². The molecule has 54 valence electrons. The lowest BCUT2D eigenvalue weighted by molar-refractivity contribution is 0.745. The number of hydrogen-bond donors (Lipinski definition) is 0. The third-order valence-electron chi connectivity index (χ3n) is 1.32. The van der Waals surface area contributed by atoms with Gasteiger partial charge in [-0.1, -0.05) is 0 Å². The predicted molar refractivity (Wildman–Crippen MR) is 55.1 cm³/mol. The van der Waals surface area contributed by atoms with Gasteiger partial charge in [0.2, 0.25) is 0 Å². The van der Waals surface area contributed by atoms with Crippen LogP contribution in [0.3, 0.4) is 0 Å². The molecule has 0 N–H and O–H groups in total. The smallest absolute Gasteiger partial charge is 0.0673 e. The summed E-state index contributed by atoms with van der Waals surface area (Å²) >= 11 is 1.80. The molecule has 9 heavy (non-hydrogen) atoms. The van der Waals surface area contributed by atoms with Gasteiger partial charge in [0.15, 0.2) is 0 Å². The first kappa shape index (κ1) is 9.75. The van der Waals surface area contributed by atoms with Gasteiger partial charge in [-0.15, -0.1) is 35.7 Å². The summed E-state index contributed by atoms with van der Waals surface area (Å²) in [6.45, 7) is 1.07. The maximum atomic E-state index is 4.33. The highest BCUT2D eigenvalue weighted by molar-refractivity contribution is 14.0. The minimum atomic E-state index is 0. The summed E-state index contributed by atoms with van der Waals surface area (Å²) in [5.41, 5.74) is 0. The van der Waals surface area contributed by atoms with Crippen LogP contribution in [0.2, 0.25) is 0 Å². The van der Waals surface area contributed by atoms with E-state index in [2.05, 4.69) is 11.2 Å². The number of rotatable bonds is 0. The van der Waals surface area contributed by atoms with E-state index in [0.29, 0.717) is 0 Å². The van der Waals surface area contributed by atoms with Gasteiger partial charge in [0.05, 0.1) is 5.04 Å². The Hall–Kier alpha value is 0.750. The van der Waals surface area contributed by atoms with Crippen molar-refractivity contribution < 1.29 is 0 Å². The summed E-state index contributed by atoms with van der Waals surface area (Å²) in [6, 6.07) is 0. The van der Waals surface area contributed by atoms with E-state index < -0.39 is 0 Å². The van der Waals surface area contributed by atoms with Gasteiger partial charge in [0.1, 0.15) is 0 Å². The van der Waals surface area contributed by atoms with Gasteiger partial charge in [-0.2, -0.15) is 0 Å². The fourth-order valence-electron chi connectivity index (χ4n) is 0.837. The van der Waals surface area contributed by atoms with E-state index in [9.17, 15) is 0 Å². The lowest BCUT2D eigenvalue weighted by Crippen LogP contribution is -2.00. The Morgan fingerprint density at radius 1 is 1.44 bits per heavy atom. The van der Waals surface area contributed by atoms with Gasteiger partial charge in [-0.25, -0.2) is 0 Å². The van der Waals surface area contributed by atoms with Gasteiger partial charge in [0, 0.05) is 6.54 Å². The first-order valence-electron chi connectivity index (χ1n) is 3.01. The number of hydrogen-bond acceptors (Lipinski definition) is 2. The van der Waals surface area contributed by atoms with E-state index in [1.807, 2.05) is 0 Å². The molecule has 0 aromatic rings. The van der Waals surface area contributed by atoms with Gasteiger partial charge in [-0.3, -0.25) is 4.99 Å². The average molecular weight is 257 g/mol. The standard InChI is InChI=1S/C6H11NS.HI/c1-8-6-4-2-3-5-7-6;/h2-5H2,1H3;1H. The third-order valence-corrected chi connectivity index (χ3v) is 2.13. The Morgan fingerprint density at radius 2 is 2.22 bits per heavy atom. The molecular weight excluding hydrogens is 245 g/mol. The summed E-state index contributed by atoms with van der Waals surface area (Å²) in [5, 5.41) is 1.34. The lowest BCUT2D eigenvalue weighted by Gasteiger charge is -2.07. The van der Waals surface area contributed by atoms with E-state index >= 15 is 0 Å².